The molecule has 0 unspecified atom stereocenters. The van der Waals surface area contributed by atoms with Crippen molar-refractivity contribution in [3.05, 3.63) is 0 Å². The highest BCUT2D eigenvalue weighted by molar-refractivity contribution is 5.69. The topological polar surface area (TPSA) is 49.8 Å². The van der Waals surface area contributed by atoms with Gasteiger partial charge in [0.2, 0.25) is 0 Å². The Hall–Kier alpha value is -0.840. The molecule has 0 aromatic rings. The number of likely N-dealkylation sites (tertiary alicyclic amines) is 1. The molecule has 5 heteroatoms. The lowest BCUT2D eigenvalue weighted by Gasteiger charge is -2.26. The van der Waals surface area contributed by atoms with Crippen LogP contribution in [0.25, 0.3) is 0 Å². The number of β-amino-alcohol motifs (C(OH)–C–C–N with tert-alkyl or cyclic N) is 1. The Morgan fingerprint density at radius 2 is 2.07 bits per heavy atom. The Kier molecular flexibility index (Phi) is 3.23. The van der Waals surface area contributed by atoms with E-state index in [1.54, 1.807) is 27.7 Å². The molecule has 88 valence electrons. The molecule has 1 heterocycles. The van der Waals surface area contributed by atoms with E-state index in [0.717, 1.165) is 0 Å². The monoisotopic (exact) mass is 219 g/mol. The zero-order valence-corrected chi connectivity index (χ0v) is 9.53. The molecule has 0 spiro atoms. The van der Waals surface area contributed by atoms with Crippen LogP contribution in [0.4, 0.5) is 9.18 Å². The summed E-state index contributed by atoms with van der Waals surface area (Å²) in [5.74, 6) is 0. The van der Waals surface area contributed by atoms with Crippen molar-refractivity contribution in [2.24, 2.45) is 0 Å². The second kappa shape index (κ2) is 3.96. The maximum absolute atomic E-state index is 13.3. The second-order valence-corrected chi connectivity index (χ2v) is 4.89. The molecule has 3 atom stereocenters. The highest BCUT2D eigenvalue weighted by Gasteiger charge is 2.42. The molecule has 1 N–H and O–H groups in total. The van der Waals surface area contributed by atoms with Crippen molar-refractivity contribution in [1.82, 2.24) is 4.90 Å². The van der Waals surface area contributed by atoms with E-state index in [0.29, 0.717) is 0 Å². The Balaban J connectivity index is 2.62. The van der Waals surface area contributed by atoms with Gasteiger partial charge in [-0.25, -0.2) is 9.18 Å². The van der Waals surface area contributed by atoms with Gasteiger partial charge < -0.3 is 9.84 Å². The summed E-state index contributed by atoms with van der Waals surface area (Å²) in [6.07, 6.45) is -3.07. The van der Waals surface area contributed by atoms with Crippen LogP contribution in [0.15, 0.2) is 0 Å². The van der Waals surface area contributed by atoms with Crippen molar-refractivity contribution in [2.75, 3.05) is 6.54 Å². The van der Waals surface area contributed by atoms with E-state index in [-0.39, 0.29) is 6.54 Å². The number of amides is 1. The van der Waals surface area contributed by atoms with Crippen LogP contribution in [-0.4, -0.2) is 46.6 Å². The van der Waals surface area contributed by atoms with Gasteiger partial charge in [-0.2, -0.15) is 0 Å². The van der Waals surface area contributed by atoms with Crippen LogP contribution < -0.4 is 0 Å². The average Bonchev–Trinajstić information content (AvgIpc) is 2.30. The van der Waals surface area contributed by atoms with Crippen molar-refractivity contribution in [1.29, 1.82) is 0 Å². The minimum absolute atomic E-state index is 0.00273. The van der Waals surface area contributed by atoms with Crippen molar-refractivity contribution in [2.45, 2.75) is 51.6 Å². The maximum Gasteiger partial charge on any atom is 0.410 e. The van der Waals surface area contributed by atoms with E-state index in [1.807, 2.05) is 0 Å². The Morgan fingerprint density at radius 3 is 2.40 bits per heavy atom. The van der Waals surface area contributed by atoms with Crippen LogP contribution in [0.2, 0.25) is 0 Å². The number of ether oxygens (including phenoxy) is 1. The summed E-state index contributed by atoms with van der Waals surface area (Å²) in [6, 6.07) is -0.630. The minimum Gasteiger partial charge on any atom is -0.444 e. The second-order valence-electron chi connectivity index (χ2n) is 4.89. The molecule has 0 aromatic carbocycles. The van der Waals surface area contributed by atoms with Crippen LogP contribution in [0.5, 0.6) is 0 Å². The Morgan fingerprint density at radius 1 is 1.53 bits per heavy atom. The summed E-state index contributed by atoms with van der Waals surface area (Å²) in [6.45, 7) is 6.79. The Bertz CT molecular complexity index is 252. The van der Waals surface area contributed by atoms with Crippen molar-refractivity contribution < 1.29 is 19.0 Å². The van der Waals surface area contributed by atoms with E-state index >= 15 is 0 Å². The van der Waals surface area contributed by atoms with Crippen molar-refractivity contribution in [3.63, 3.8) is 0 Å². The fourth-order valence-corrected chi connectivity index (χ4v) is 1.52. The molecular weight excluding hydrogens is 201 g/mol. The molecule has 1 aliphatic rings. The van der Waals surface area contributed by atoms with E-state index in [1.165, 1.54) is 4.90 Å². The number of hydrogen-bond acceptors (Lipinski definition) is 3. The van der Waals surface area contributed by atoms with Gasteiger partial charge in [-0.05, 0) is 27.7 Å². The van der Waals surface area contributed by atoms with Gasteiger partial charge in [0.25, 0.3) is 0 Å². The van der Waals surface area contributed by atoms with Gasteiger partial charge in [0, 0.05) is 0 Å². The first kappa shape index (κ1) is 12.2. The first-order valence-electron chi connectivity index (χ1n) is 5.04. The zero-order chi connectivity index (χ0) is 11.8. The number of aliphatic hydroxyl groups is 1. The third-order valence-corrected chi connectivity index (χ3v) is 2.33. The molecule has 1 rings (SSSR count). The summed E-state index contributed by atoms with van der Waals surface area (Å²) >= 11 is 0. The van der Waals surface area contributed by atoms with Gasteiger partial charge in [0.15, 0.2) is 0 Å². The van der Waals surface area contributed by atoms with Gasteiger partial charge in [-0.1, -0.05) is 0 Å². The summed E-state index contributed by atoms with van der Waals surface area (Å²) in [5, 5.41) is 9.26. The van der Waals surface area contributed by atoms with Gasteiger partial charge >= 0.3 is 6.09 Å². The number of alkyl halides is 1. The van der Waals surface area contributed by atoms with Crippen molar-refractivity contribution >= 4 is 6.09 Å². The van der Waals surface area contributed by atoms with E-state index in [2.05, 4.69) is 0 Å². The summed E-state index contributed by atoms with van der Waals surface area (Å²) in [5.41, 5.74) is -0.601. The third kappa shape index (κ3) is 2.81. The van der Waals surface area contributed by atoms with Gasteiger partial charge in [0.1, 0.15) is 17.9 Å². The molecule has 1 fully saturated rings. The van der Waals surface area contributed by atoms with Gasteiger partial charge in [0.05, 0.1) is 12.6 Å². The third-order valence-electron chi connectivity index (χ3n) is 2.33. The van der Waals surface area contributed by atoms with Crippen LogP contribution in [-0.2, 0) is 4.74 Å². The van der Waals surface area contributed by atoms with Gasteiger partial charge in [-0.3, -0.25) is 4.90 Å². The fraction of sp³-hybridized carbons (Fsp3) is 0.900. The van der Waals surface area contributed by atoms with Crippen molar-refractivity contribution in [3.8, 4) is 0 Å². The Labute approximate surface area is 89.0 Å². The highest BCUT2D eigenvalue weighted by atomic mass is 19.1. The van der Waals surface area contributed by atoms with Crippen LogP contribution in [0, 0.1) is 0 Å². The predicted octanol–water partition coefficient (Wildman–Crippen LogP) is 1.32. The SMILES string of the molecule is C[C@@H]1[C@H](F)[C@@H](O)CN1C(=O)OC(C)(C)C. The molecule has 0 saturated carbocycles. The lowest BCUT2D eigenvalue weighted by atomic mass is 10.2. The predicted molar refractivity (Wildman–Crippen MR) is 53.3 cm³/mol. The molecule has 1 saturated heterocycles. The van der Waals surface area contributed by atoms with E-state index < -0.39 is 30.0 Å². The van der Waals surface area contributed by atoms with Gasteiger partial charge in [-0.15, -0.1) is 0 Å². The average molecular weight is 219 g/mol. The number of carbonyl (C=O) groups excluding carboxylic acids is 1. The first-order chi connectivity index (χ1) is 6.72. The molecule has 15 heavy (non-hydrogen) atoms. The maximum atomic E-state index is 13.3. The fourth-order valence-electron chi connectivity index (χ4n) is 1.52. The molecule has 0 aliphatic carbocycles. The standard InChI is InChI=1S/C10H18FNO3/c1-6-8(11)7(13)5-12(6)9(14)15-10(2,3)4/h6-8,13H,5H2,1-4H3/t6-,7+,8+/m1/s1. The quantitative estimate of drug-likeness (QED) is 0.668. The molecular formula is C10H18FNO3. The zero-order valence-electron chi connectivity index (χ0n) is 9.53. The molecule has 1 amide bonds. The van der Waals surface area contributed by atoms with E-state index in [4.69, 9.17) is 4.74 Å². The largest absolute Gasteiger partial charge is 0.444 e. The summed E-state index contributed by atoms with van der Waals surface area (Å²) < 4.78 is 18.4. The van der Waals surface area contributed by atoms with E-state index in [9.17, 15) is 14.3 Å². The number of hydrogen-bond donors (Lipinski definition) is 1. The number of carbonyl (C=O) groups is 1. The lowest BCUT2D eigenvalue weighted by Crippen LogP contribution is -2.40. The van der Waals surface area contributed by atoms with Crippen LogP contribution in [0.1, 0.15) is 27.7 Å². The molecule has 0 bridgehead atoms. The minimum atomic E-state index is -1.39. The molecule has 4 nitrogen and oxygen atoms in total. The molecule has 0 aromatic heterocycles. The number of rotatable bonds is 0. The smallest absolute Gasteiger partial charge is 0.410 e. The summed E-state index contributed by atoms with van der Waals surface area (Å²) in [4.78, 5) is 12.8. The highest BCUT2D eigenvalue weighted by Crippen LogP contribution is 2.23. The molecule has 0 radical (unpaired) electrons. The molecule has 1 aliphatic heterocycles. The van der Waals surface area contributed by atoms with Crippen LogP contribution >= 0.6 is 0 Å². The number of aliphatic hydroxyl groups excluding tert-OH is 1. The summed E-state index contributed by atoms with van der Waals surface area (Å²) in [7, 11) is 0. The first-order valence-corrected chi connectivity index (χ1v) is 5.04. The lowest BCUT2D eigenvalue weighted by molar-refractivity contribution is 0.0209. The normalized spacial score (nSPS) is 31.9. The number of nitrogens with zero attached hydrogens (tertiary/aromatic N) is 1. The number of halogens is 1. The van der Waals surface area contributed by atoms with Crippen LogP contribution in [0.3, 0.4) is 0 Å².